The molecule has 1 aromatic carbocycles. The van der Waals surface area contributed by atoms with Gasteiger partial charge in [0.25, 0.3) is 0 Å². The first-order valence-corrected chi connectivity index (χ1v) is 6.53. The first kappa shape index (κ1) is 14.5. The molecule has 0 heterocycles. The average Bonchev–Trinajstić information content (AvgIpc) is 2.30. The monoisotopic (exact) mass is 302 g/mol. The van der Waals surface area contributed by atoms with Crippen LogP contribution in [-0.2, 0) is 11.3 Å². The fourth-order valence-corrected chi connectivity index (χ4v) is 1.88. The van der Waals surface area contributed by atoms with Crippen LogP contribution in [0.15, 0.2) is 22.7 Å². The summed E-state index contributed by atoms with van der Waals surface area (Å²) in [5, 5.41) is 9.19. The maximum Gasteiger partial charge on any atom is 0.139 e. The van der Waals surface area contributed by atoms with Gasteiger partial charge in [0.05, 0.1) is 17.7 Å². The van der Waals surface area contributed by atoms with Crippen molar-refractivity contribution >= 4 is 15.9 Å². The largest absolute Gasteiger partial charge is 0.490 e. The number of aliphatic hydroxyl groups is 1. The summed E-state index contributed by atoms with van der Waals surface area (Å²) in [5.41, 5.74) is 0.781. The van der Waals surface area contributed by atoms with Crippen molar-refractivity contribution in [3.8, 4) is 5.75 Å². The molecule has 0 aliphatic rings. The van der Waals surface area contributed by atoms with E-state index in [0.717, 1.165) is 16.6 Å². The van der Waals surface area contributed by atoms with E-state index in [1.165, 1.54) is 0 Å². The third-order valence-electron chi connectivity index (χ3n) is 2.14. The van der Waals surface area contributed by atoms with Crippen LogP contribution < -0.4 is 4.74 Å². The Labute approximate surface area is 111 Å². The van der Waals surface area contributed by atoms with Crippen LogP contribution in [0.5, 0.6) is 5.75 Å². The lowest BCUT2D eigenvalue weighted by Gasteiger charge is -2.12. The Balaban J connectivity index is 2.40. The zero-order chi connectivity index (χ0) is 12.7. The van der Waals surface area contributed by atoms with Crippen LogP contribution in [0.25, 0.3) is 0 Å². The molecular formula is C13H19BrO3. The molecule has 0 bridgehead atoms. The van der Waals surface area contributed by atoms with Crippen molar-refractivity contribution in [2.24, 2.45) is 5.92 Å². The van der Waals surface area contributed by atoms with Crippen molar-refractivity contribution in [2.75, 3.05) is 19.8 Å². The smallest absolute Gasteiger partial charge is 0.139 e. The topological polar surface area (TPSA) is 38.7 Å². The fourth-order valence-electron chi connectivity index (χ4n) is 1.36. The van der Waals surface area contributed by atoms with Gasteiger partial charge in [-0.2, -0.15) is 0 Å². The third-order valence-corrected chi connectivity index (χ3v) is 2.77. The predicted molar refractivity (Wildman–Crippen MR) is 71.2 cm³/mol. The second kappa shape index (κ2) is 7.69. The van der Waals surface area contributed by atoms with Gasteiger partial charge >= 0.3 is 0 Å². The van der Waals surface area contributed by atoms with Gasteiger partial charge in [-0.1, -0.05) is 26.0 Å². The molecule has 0 atom stereocenters. The highest BCUT2D eigenvalue weighted by molar-refractivity contribution is 9.10. The second-order valence-electron chi connectivity index (χ2n) is 4.20. The van der Waals surface area contributed by atoms with E-state index in [9.17, 15) is 5.11 Å². The third kappa shape index (κ3) is 5.06. The number of rotatable bonds is 7. The highest BCUT2D eigenvalue weighted by Crippen LogP contribution is 2.28. The molecule has 96 valence electrons. The number of aliphatic hydroxyl groups excluding tert-OH is 1. The van der Waals surface area contributed by atoms with Crippen LogP contribution in [0.4, 0.5) is 0 Å². The van der Waals surface area contributed by atoms with Gasteiger partial charge in [-0.15, -0.1) is 0 Å². The van der Waals surface area contributed by atoms with Gasteiger partial charge in [0.2, 0.25) is 0 Å². The van der Waals surface area contributed by atoms with Gasteiger partial charge in [-0.3, -0.25) is 0 Å². The number of hydrogen-bond acceptors (Lipinski definition) is 3. The summed E-state index contributed by atoms with van der Waals surface area (Å²) in [6, 6.07) is 5.61. The number of halogens is 1. The Morgan fingerprint density at radius 1 is 1.29 bits per heavy atom. The number of hydrogen-bond donors (Lipinski definition) is 1. The molecule has 0 fully saturated rings. The van der Waals surface area contributed by atoms with Crippen molar-refractivity contribution in [3.63, 3.8) is 0 Å². The van der Waals surface area contributed by atoms with E-state index in [2.05, 4.69) is 29.8 Å². The van der Waals surface area contributed by atoms with Gasteiger partial charge in [0, 0.05) is 12.2 Å². The van der Waals surface area contributed by atoms with Crippen molar-refractivity contribution < 1.29 is 14.6 Å². The minimum Gasteiger partial charge on any atom is -0.490 e. The lowest BCUT2D eigenvalue weighted by Crippen LogP contribution is -2.11. The van der Waals surface area contributed by atoms with Crippen molar-refractivity contribution in [1.29, 1.82) is 0 Å². The first-order valence-electron chi connectivity index (χ1n) is 5.74. The van der Waals surface area contributed by atoms with Crippen LogP contribution >= 0.6 is 15.9 Å². The average molecular weight is 303 g/mol. The van der Waals surface area contributed by atoms with Gasteiger partial charge in [0.1, 0.15) is 12.4 Å². The van der Waals surface area contributed by atoms with Crippen LogP contribution in [-0.4, -0.2) is 24.9 Å². The first-order chi connectivity index (χ1) is 8.15. The maximum absolute atomic E-state index is 9.19. The van der Waals surface area contributed by atoms with Crippen LogP contribution in [0.2, 0.25) is 0 Å². The van der Waals surface area contributed by atoms with E-state index in [-0.39, 0.29) is 6.61 Å². The molecule has 0 spiro atoms. The Morgan fingerprint density at radius 3 is 2.71 bits per heavy atom. The van der Waals surface area contributed by atoms with E-state index < -0.39 is 0 Å². The quantitative estimate of drug-likeness (QED) is 0.787. The van der Waals surface area contributed by atoms with Crippen molar-refractivity contribution in [1.82, 2.24) is 0 Å². The minimum absolute atomic E-state index is 0.0262. The summed E-state index contributed by atoms with van der Waals surface area (Å²) in [6.07, 6.45) is 0. The summed E-state index contributed by atoms with van der Waals surface area (Å²) >= 11 is 3.40. The lowest BCUT2D eigenvalue weighted by atomic mass is 10.2. The molecule has 0 saturated carbocycles. The van der Waals surface area contributed by atoms with Crippen LogP contribution in [0.3, 0.4) is 0 Å². The number of para-hydroxylation sites is 1. The number of benzene rings is 1. The summed E-state index contributed by atoms with van der Waals surface area (Å²) in [6.45, 7) is 5.98. The molecule has 4 heteroatoms. The highest BCUT2D eigenvalue weighted by Gasteiger charge is 2.06. The molecule has 0 unspecified atom stereocenters. The minimum atomic E-state index is -0.0262. The summed E-state index contributed by atoms with van der Waals surface area (Å²) < 4.78 is 11.9. The zero-order valence-electron chi connectivity index (χ0n) is 10.3. The van der Waals surface area contributed by atoms with Gasteiger partial charge < -0.3 is 14.6 Å². The van der Waals surface area contributed by atoms with Gasteiger partial charge in [-0.05, 0) is 27.9 Å². The lowest BCUT2D eigenvalue weighted by molar-refractivity contribution is 0.0810. The molecule has 1 rings (SSSR count). The number of ether oxygens (including phenoxy) is 2. The van der Waals surface area contributed by atoms with E-state index in [4.69, 9.17) is 9.47 Å². The normalized spacial score (nSPS) is 10.9. The van der Waals surface area contributed by atoms with Crippen molar-refractivity contribution in [2.45, 2.75) is 20.5 Å². The Morgan fingerprint density at radius 2 is 2.06 bits per heavy atom. The summed E-state index contributed by atoms with van der Waals surface area (Å²) in [5.74, 6) is 1.23. The van der Waals surface area contributed by atoms with Gasteiger partial charge in [0.15, 0.2) is 0 Å². The SMILES string of the molecule is CC(C)COCCOc1c(Br)cccc1CO. The maximum atomic E-state index is 9.19. The van der Waals surface area contributed by atoms with E-state index in [1.807, 2.05) is 18.2 Å². The van der Waals surface area contributed by atoms with Crippen LogP contribution in [0.1, 0.15) is 19.4 Å². The summed E-state index contributed by atoms with van der Waals surface area (Å²) in [4.78, 5) is 0. The molecule has 1 aromatic rings. The standard InChI is InChI=1S/C13H19BrO3/c1-10(2)9-16-6-7-17-13-11(8-15)4-3-5-12(13)14/h3-5,10,15H,6-9H2,1-2H3. The molecule has 0 radical (unpaired) electrons. The molecule has 0 aromatic heterocycles. The predicted octanol–water partition coefficient (Wildman–Crippen LogP) is 2.99. The summed E-state index contributed by atoms with van der Waals surface area (Å²) in [7, 11) is 0. The molecule has 3 nitrogen and oxygen atoms in total. The molecule has 0 aliphatic heterocycles. The zero-order valence-corrected chi connectivity index (χ0v) is 11.9. The van der Waals surface area contributed by atoms with E-state index in [0.29, 0.717) is 24.9 Å². The Kier molecular flexibility index (Phi) is 6.55. The molecule has 0 aliphatic carbocycles. The van der Waals surface area contributed by atoms with E-state index in [1.54, 1.807) is 0 Å². The molecule has 1 N–H and O–H groups in total. The van der Waals surface area contributed by atoms with Crippen molar-refractivity contribution in [3.05, 3.63) is 28.2 Å². The Hall–Kier alpha value is -0.580. The Bertz CT molecular complexity index is 339. The van der Waals surface area contributed by atoms with Gasteiger partial charge in [-0.25, -0.2) is 0 Å². The molecular weight excluding hydrogens is 284 g/mol. The molecule has 0 saturated heterocycles. The highest BCUT2D eigenvalue weighted by atomic mass is 79.9. The second-order valence-corrected chi connectivity index (χ2v) is 5.06. The van der Waals surface area contributed by atoms with E-state index >= 15 is 0 Å². The van der Waals surface area contributed by atoms with Crippen LogP contribution in [0, 0.1) is 5.92 Å². The molecule has 0 amide bonds. The fraction of sp³-hybridized carbons (Fsp3) is 0.538. The molecule has 17 heavy (non-hydrogen) atoms.